The van der Waals surface area contributed by atoms with Crippen LogP contribution in [-0.2, 0) is 5.41 Å². The van der Waals surface area contributed by atoms with Crippen molar-refractivity contribution in [2.24, 2.45) is 5.73 Å². The van der Waals surface area contributed by atoms with E-state index in [1.54, 1.807) is 11.3 Å². The number of nitrogens with two attached hydrogens (primary N) is 1. The lowest BCUT2D eigenvalue weighted by Gasteiger charge is -2.37. The van der Waals surface area contributed by atoms with Crippen LogP contribution in [0.1, 0.15) is 36.1 Å². The second kappa shape index (κ2) is 4.54. The quantitative estimate of drug-likeness (QED) is 0.822. The Morgan fingerprint density at radius 3 is 2.75 bits per heavy atom. The van der Waals surface area contributed by atoms with Gasteiger partial charge in [-0.15, -0.1) is 11.3 Å². The van der Waals surface area contributed by atoms with Crippen LogP contribution in [0.15, 0.2) is 11.4 Å². The van der Waals surface area contributed by atoms with Crippen molar-refractivity contribution in [1.82, 2.24) is 0 Å². The highest BCUT2D eigenvalue weighted by Crippen LogP contribution is 2.41. The van der Waals surface area contributed by atoms with Crippen molar-refractivity contribution in [1.29, 1.82) is 5.26 Å². The Hall–Kier alpha value is -0.890. The molecule has 1 heterocycles. The van der Waals surface area contributed by atoms with Crippen LogP contribution < -0.4 is 5.73 Å². The van der Waals surface area contributed by atoms with Crippen LogP contribution in [0, 0.1) is 11.3 Å². The van der Waals surface area contributed by atoms with Gasteiger partial charge in [0, 0.05) is 22.2 Å². The van der Waals surface area contributed by atoms with E-state index < -0.39 is 0 Å². The van der Waals surface area contributed by atoms with E-state index in [9.17, 15) is 5.11 Å². The predicted octanol–water partition coefficient (Wildman–Crippen LogP) is 1.75. The third-order valence-electron chi connectivity index (χ3n) is 3.55. The van der Waals surface area contributed by atoms with Crippen LogP contribution in [-0.4, -0.2) is 17.8 Å². The molecule has 0 spiro atoms. The first-order chi connectivity index (χ1) is 7.70. The van der Waals surface area contributed by atoms with E-state index in [1.165, 1.54) is 4.88 Å². The maximum Gasteiger partial charge on any atom is 0.100 e. The van der Waals surface area contributed by atoms with Gasteiger partial charge in [0.25, 0.3) is 0 Å². The molecule has 1 aromatic heterocycles. The van der Waals surface area contributed by atoms with Gasteiger partial charge in [0.05, 0.1) is 11.7 Å². The van der Waals surface area contributed by atoms with Gasteiger partial charge in [0.2, 0.25) is 0 Å². The van der Waals surface area contributed by atoms with Crippen LogP contribution in [0.25, 0.3) is 0 Å². The number of nitriles is 1. The minimum Gasteiger partial charge on any atom is -0.393 e. The molecule has 0 saturated heterocycles. The van der Waals surface area contributed by atoms with Crippen molar-refractivity contribution in [3.8, 4) is 6.07 Å². The minimum absolute atomic E-state index is 0.000995. The molecule has 0 bridgehead atoms. The fourth-order valence-electron chi connectivity index (χ4n) is 2.38. The zero-order valence-corrected chi connectivity index (χ0v) is 9.96. The molecule has 1 aliphatic carbocycles. The largest absolute Gasteiger partial charge is 0.393 e. The molecule has 0 unspecified atom stereocenters. The van der Waals surface area contributed by atoms with Crippen molar-refractivity contribution in [2.45, 2.75) is 37.2 Å². The number of thiophene rings is 1. The monoisotopic (exact) mass is 236 g/mol. The van der Waals surface area contributed by atoms with Gasteiger partial charge in [0.15, 0.2) is 0 Å². The smallest absolute Gasteiger partial charge is 0.100 e. The van der Waals surface area contributed by atoms with Crippen molar-refractivity contribution in [3.63, 3.8) is 0 Å². The Balaban J connectivity index is 2.24. The SMILES string of the molecule is N#Cc1csc(C2(CN)CCC(O)CC2)c1. The van der Waals surface area contributed by atoms with E-state index in [2.05, 4.69) is 6.07 Å². The van der Waals surface area contributed by atoms with Crippen molar-refractivity contribution < 1.29 is 5.11 Å². The van der Waals surface area contributed by atoms with Gasteiger partial charge in [-0.05, 0) is 31.7 Å². The van der Waals surface area contributed by atoms with Gasteiger partial charge in [-0.1, -0.05) is 0 Å². The van der Waals surface area contributed by atoms with Crippen LogP contribution in [0.2, 0.25) is 0 Å². The molecule has 86 valence electrons. The first kappa shape index (κ1) is 11.6. The van der Waals surface area contributed by atoms with Crippen LogP contribution in [0.5, 0.6) is 0 Å². The third kappa shape index (κ3) is 1.99. The first-order valence-electron chi connectivity index (χ1n) is 5.57. The Kier molecular flexibility index (Phi) is 3.29. The maximum absolute atomic E-state index is 9.55. The van der Waals surface area contributed by atoms with Gasteiger partial charge in [-0.25, -0.2) is 0 Å². The fraction of sp³-hybridized carbons (Fsp3) is 0.583. The highest BCUT2D eigenvalue weighted by Gasteiger charge is 2.36. The average Bonchev–Trinajstić information content (AvgIpc) is 2.80. The molecule has 0 atom stereocenters. The number of hydrogen-bond acceptors (Lipinski definition) is 4. The summed E-state index contributed by atoms with van der Waals surface area (Å²) in [5.41, 5.74) is 6.63. The van der Waals surface area contributed by atoms with E-state index in [1.807, 2.05) is 11.4 Å². The molecular formula is C12H16N2OS. The molecule has 1 fully saturated rings. The highest BCUT2D eigenvalue weighted by molar-refractivity contribution is 7.10. The van der Waals surface area contributed by atoms with Gasteiger partial charge < -0.3 is 10.8 Å². The summed E-state index contributed by atoms with van der Waals surface area (Å²) >= 11 is 1.62. The summed E-state index contributed by atoms with van der Waals surface area (Å²) in [5, 5.41) is 20.3. The van der Waals surface area contributed by atoms with E-state index in [0.717, 1.165) is 31.2 Å². The molecule has 1 aromatic rings. The second-order valence-corrected chi connectivity index (χ2v) is 5.44. The summed E-state index contributed by atoms with van der Waals surface area (Å²) < 4.78 is 0. The van der Waals surface area contributed by atoms with E-state index >= 15 is 0 Å². The lowest BCUT2D eigenvalue weighted by Crippen LogP contribution is -2.39. The van der Waals surface area contributed by atoms with Crippen LogP contribution in [0.4, 0.5) is 0 Å². The summed E-state index contributed by atoms with van der Waals surface area (Å²) in [5.74, 6) is 0. The molecule has 0 radical (unpaired) electrons. The van der Waals surface area contributed by atoms with Gasteiger partial charge in [-0.2, -0.15) is 5.26 Å². The summed E-state index contributed by atoms with van der Waals surface area (Å²) in [6.07, 6.45) is 3.31. The molecule has 0 aliphatic heterocycles. The second-order valence-electron chi connectivity index (χ2n) is 4.53. The van der Waals surface area contributed by atoms with Crippen LogP contribution >= 0.6 is 11.3 Å². The Labute approximate surface area is 99.5 Å². The zero-order chi connectivity index (χ0) is 11.6. The van der Waals surface area contributed by atoms with E-state index in [4.69, 9.17) is 11.0 Å². The number of aliphatic hydroxyl groups is 1. The highest BCUT2D eigenvalue weighted by atomic mass is 32.1. The zero-order valence-electron chi connectivity index (χ0n) is 9.15. The van der Waals surface area contributed by atoms with Crippen molar-refractivity contribution in [2.75, 3.05) is 6.54 Å². The topological polar surface area (TPSA) is 70.0 Å². The Morgan fingerprint density at radius 1 is 1.56 bits per heavy atom. The first-order valence-corrected chi connectivity index (χ1v) is 6.45. The number of rotatable bonds is 2. The fourth-order valence-corrected chi connectivity index (χ4v) is 3.49. The number of aliphatic hydroxyl groups excluding tert-OH is 1. The summed E-state index contributed by atoms with van der Waals surface area (Å²) in [6, 6.07) is 4.11. The van der Waals surface area contributed by atoms with Gasteiger partial charge in [0.1, 0.15) is 6.07 Å². The molecule has 3 nitrogen and oxygen atoms in total. The summed E-state index contributed by atoms with van der Waals surface area (Å²) in [7, 11) is 0. The van der Waals surface area contributed by atoms with Crippen LogP contribution in [0.3, 0.4) is 0 Å². The lowest BCUT2D eigenvalue weighted by atomic mass is 9.72. The molecule has 0 amide bonds. The predicted molar refractivity (Wildman–Crippen MR) is 64.2 cm³/mol. The lowest BCUT2D eigenvalue weighted by molar-refractivity contribution is 0.0985. The molecule has 16 heavy (non-hydrogen) atoms. The Bertz CT molecular complexity index is 399. The number of hydrogen-bond donors (Lipinski definition) is 2. The Morgan fingerprint density at radius 2 is 2.25 bits per heavy atom. The average molecular weight is 236 g/mol. The molecule has 0 aromatic carbocycles. The van der Waals surface area contributed by atoms with Crippen molar-refractivity contribution >= 4 is 11.3 Å². The molecule has 1 saturated carbocycles. The van der Waals surface area contributed by atoms with Crippen molar-refractivity contribution in [3.05, 3.63) is 21.9 Å². The van der Waals surface area contributed by atoms with Gasteiger partial charge in [-0.3, -0.25) is 0 Å². The van der Waals surface area contributed by atoms with E-state index in [-0.39, 0.29) is 11.5 Å². The normalized spacial score (nSPS) is 29.9. The van der Waals surface area contributed by atoms with Gasteiger partial charge >= 0.3 is 0 Å². The van der Waals surface area contributed by atoms with E-state index in [0.29, 0.717) is 6.54 Å². The third-order valence-corrected chi connectivity index (χ3v) is 4.73. The standard InChI is InChI=1S/C12H16N2OS/c13-6-9-5-11(16-7-9)12(8-14)3-1-10(15)2-4-12/h5,7,10,15H,1-4,8,14H2. The molecule has 4 heteroatoms. The molecular weight excluding hydrogens is 220 g/mol. The molecule has 1 aliphatic rings. The summed E-state index contributed by atoms with van der Waals surface area (Å²) in [4.78, 5) is 1.21. The minimum atomic E-state index is -0.171. The molecule has 2 rings (SSSR count). The summed E-state index contributed by atoms with van der Waals surface area (Å²) in [6.45, 7) is 0.602. The number of nitrogens with zero attached hydrogens (tertiary/aromatic N) is 1. The maximum atomic E-state index is 9.55. The molecule has 3 N–H and O–H groups in total.